The molecule has 0 saturated carbocycles. The van der Waals surface area contributed by atoms with Gasteiger partial charge in [-0.1, -0.05) is 109 Å². The van der Waals surface area contributed by atoms with Gasteiger partial charge in [-0.2, -0.15) is 0 Å². The molecular weight excluding hydrogens is 512 g/mol. The van der Waals surface area contributed by atoms with Crippen LogP contribution in [0.5, 0.6) is 0 Å². The van der Waals surface area contributed by atoms with Crippen molar-refractivity contribution in [3.63, 3.8) is 0 Å². The Morgan fingerprint density at radius 2 is 1.10 bits per heavy atom. The zero-order chi connectivity index (χ0) is 27.9. The van der Waals surface area contributed by atoms with Crippen LogP contribution in [0.2, 0.25) is 0 Å². The molecule has 0 aliphatic heterocycles. The van der Waals surface area contributed by atoms with Crippen molar-refractivity contribution in [1.29, 1.82) is 0 Å². The zero-order valence-corrected chi connectivity index (χ0v) is 22.6. The summed E-state index contributed by atoms with van der Waals surface area (Å²) < 4.78 is 0. The lowest BCUT2D eigenvalue weighted by Crippen LogP contribution is -1.95. The van der Waals surface area contributed by atoms with Crippen LogP contribution in [0.1, 0.15) is 0 Å². The van der Waals surface area contributed by atoms with Crippen molar-refractivity contribution in [3.05, 3.63) is 146 Å². The highest BCUT2D eigenvalue weighted by Crippen LogP contribution is 2.33. The topological polar surface area (TPSA) is 51.6 Å². The molecule has 0 bridgehead atoms. The molecule has 4 heteroatoms. The number of hydrogen-bond acceptors (Lipinski definition) is 4. The average Bonchev–Trinajstić information content (AvgIpc) is 3.08. The van der Waals surface area contributed by atoms with Crippen LogP contribution < -0.4 is 0 Å². The van der Waals surface area contributed by atoms with Crippen molar-refractivity contribution in [1.82, 2.24) is 19.9 Å². The Balaban J connectivity index is 1.26. The first kappa shape index (κ1) is 24.1. The summed E-state index contributed by atoms with van der Waals surface area (Å²) in [4.78, 5) is 19.7. The number of aromatic nitrogens is 4. The minimum absolute atomic E-state index is 0.717. The normalized spacial score (nSPS) is 11.3. The summed E-state index contributed by atoms with van der Waals surface area (Å²) in [5, 5.41) is 3.20. The lowest BCUT2D eigenvalue weighted by molar-refractivity contribution is 1.23. The number of fused-ring (bicyclic) bond motifs is 4. The van der Waals surface area contributed by atoms with E-state index >= 15 is 0 Å². The fourth-order valence-electron chi connectivity index (χ4n) is 5.58. The molecule has 0 spiro atoms. The highest BCUT2D eigenvalue weighted by Gasteiger charge is 2.13. The first-order valence-corrected chi connectivity index (χ1v) is 14.0. The van der Waals surface area contributed by atoms with Gasteiger partial charge in [0.15, 0.2) is 5.82 Å². The Hall–Kier alpha value is -5.74. The minimum atomic E-state index is 0.717. The SMILES string of the molecule is c1ccc(-c2nc(-c3ccccc3)c3ccc(-c4cccc(-c5ccc6ccc7cccnc7c6n5)c4)cc3n2)cc1. The van der Waals surface area contributed by atoms with E-state index in [1.807, 2.05) is 48.7 Å². The molecule has 0 aliphatic rings. The summed E-state index contributed by atoms with van der Waals surface area (Å²) in [5.74, 6) is 0.717. The fraction of sp³-hybridized carbons (Fsp3) is 0. The summed E-state index contributed by atoms with van der Waals surface area (Å²) in [6.45, 7) is 0. The van der Waals surface area contributed by atoms with Crippen molar-refractivity contribution in [3.8, 4) is 45.0 Å². The molecule has 3 heterocycles. The first-order valence-electron chi connectivity index (χ1n) is 14.0. The Bertz CT molecular complexity index is 2240. The summed E-state index contributed by atoms with van der Waals surface area (Å²) in [6, 6.07) is 47.9. The second kappa shape index (κ2) is 10.0. The predicted octanol–water partition coefficient (Wildman–Crippen LogP) is 9.39. The Morgan fingerprint density at radius 1 is 0.405 bits per heavy atom. The molecule has 8 aromatic rings. The second-order valence-corrected chi connectivity index (χ2v) is 10.3. The van der Waals surface area contributed by atoms with Gasteiger partial charge in [0.2, 0.25) is 0 Å². The van der Waals surface area contributed by atoms with Crippen LogP contribution in [0.15, 0.2) is 146 Å². The van der Waals surface area contributed by atoms with Crippen molar-refractivity contribution in [2.45, 2.75) is 0 Å². The van der Waals surface area contributed by atoms with Gasteiger partial charge in [0, 0.05) is 39.0 Å². The summed E-state index contributed by atoms with van der Waals surface area (Å²) in [5.41, 5.74) is 9.92. The van der Waals surface area contributed by atoms with Crippen molar-refractivity contribution < 1.29 is 0 Å². The Labute approximate surface area is 243 Å². The lowest BCUT2D eigenvalue weighted by Gasteiger charge is -2.12. The zero-order valence-electron chi connectivity index (χ0n) is 22.6. The Kier molecular flexibility index (Phi) is 5.75. The standard InChI is InChI=1S/C38H24N4/c1-3-9-25(10-4-1)35-32-20-18-30(24-34(32)41-38(42-35)28-11-5-2-6-12-28)29-13-7-14-31(23-29)33-21-19-27-17-16-26-15-8-22-39-36(26)37(27)40-33/h1-24H. The molecule has 0 saturated heterocycles. The largest absolute Gasteiger partial charge is 0.254 e. The number of hydrogen-bond donors (Lipinski definition) is 0. The minimum Gasteiger partial charge on any atom is -0.254 e. The fourth-order valence-corrected chi connectivity index (χ4v) is 5.58. The molecule has 42 heavy (non-hydrogen) atoms. The molecule has 0 radical (unpaired) electrons. The van der Waals surface area contributed by atoms with Crippen LogP contribution in [-0.4, -0.2) is 19.9 Å². The summed E-state index contributed by atoms with van der Waals surface area (Å²) in [7, 11) is 0. The molecule has 0 fully saturated rings. The quantitative estimate of drug-likeness (QED) is 0.210. The van der Waals surface area contributed by atoms with E-state index < -0.39 is 0 Å². The van der Waals surface area contributed by atoms with Crippen LogP contribution in [-0.2, 0) is 0 Å². The van der Waals surface area contributed by atoms with Gasteiger partial charge in [-0.15, -0.1) is 0 Å². The van der Waals surface area contributed by atoms with Crippen LogP contribution in [0.3, 0.4) is 0 Å². The Morgan fingerprint density at radius 3 is 1.93 bits per heavy atom. The predicted molar refractivity (Wildman–Crippen MR) is 172 cm³/mol. The molecule has 8 rings (SSSR count). The maximum atomic E-state index is 5.07. The molecular formula is C38H24N4. The lowest BCUT2D eigenvalue weighted by atomic mass is 9.98. The van der Waals surface area contributed by atoms with Gasteiger partial charge < -0.3 is 0 Å². The molecule has 4 nitrogen and oxygen atoms in total. The van der Waals surface area contributed by atoms with E-state index in [2.05, 4.69) is 102 Å². The molecule has 0 amide bonds. The van der Waals surface area contributed by atoms with Gasteiger partial charge in [-0.25, -0.2) is 15.0 Å². The molecule has 196 valence electrons. The van der Waals surface area contributed by atoms with Crippen LogP contribution >= 0.6 is 0 Å². The summed E-state index contributed by atoms with van der Waals surface area (Å²) in [6.07, 6.45) is 1.83. The van der Waals surface area contributed by atoms with E-state index in [4.69, 9.17) is 15.0 Å². The third kappa shape index (κ3) is 4.27. The van der Waals surface area contributed by atoms with Crippen molar-refractivity contribution in [2.24, 2.45) is 0 Å². The van der Waals surface area contributed by atoms with Gasteiger partial charge in [0.1, 0.15) is 0 Å². The van der Waals surface area contributed by atoms with Crippen LogP contribution in [0, 0.1) is 0 Å². The van der Waals surface area contributed by atoms with Crippen LogP contribution in [0.4, 0.5) is 0 Å². The van der Waals surface area contributed by atoms with E-state index in [9.17, 15) is 0 Å². The summed E-state index contributed by atoms with van der Waals surface area (Å²) >= 11 is 0. The molecule has 0 aliphatic carbocycles. The van der Waals surface area contributed by atoms with E-state index in [1.54, 1.807) is 0 Å². The van der Waals surface area contributed by atoms with E-state index in [0.717, 1.165) is 71.9 Å². The number of nitrogens with zero attached hydrogens (tertiary/aromatic N) is 4. The molecule has 0 N–H and O–H groups in total. The van der Waals surface area contributed by atoms with E-state index in [-0.39, 0.29) is 0 Å². The number of pyridine rings is 2. The van der Waals surface area contributed by atoms with Gasteiger partial charge in [0.05, 0.1) is 27.9 Å². The first-order chi connectivity index (χ1) is 20.8. The van der Waals surface area contributed by atoms with Gasteiger partial charge in [-0.3, -0.25) is 4.98 Å². The maximum absolute atomic E-state index is 5.07. The monoisotopic (exact) mass is 536 g/mol. The molecule has 5 aromatic carbocycles. The van der Waals surface area contributed by atoms with Gasteiger partial charge in [-0.05, 0) is 41.5 Å². The highest BCUT2D eigenvalue weighted by atomic mass is 14.9. The highest BCUT2D eigenvalue weighted by molar-refractivity contribution is 6.03. The van der Waals surface area contributed by atoms with E-state index in [0.29, 0.717) is 5.82 Å². The van der Waals surface area contributed by atoms with Gasteiger partial charge in [0.25, 0.3) is 0 Å². The third-order valence-corrected chi connectivity index (χ3v) is 7.70. The van der Waals surface area contributed by atoms with Gasteiger partial charge >= 0.3 is 0 Å². The van der Waals surface area contributed by atoms with Crippen molar-refractivity contribution in [2.75, 3.05) is 0 Å². The third-order valence-electron chi connectivity index (χ3n) is 7.70. The smallest absolute Gasteiger partial charge is 0.160 e. The molecule has 0 atom stereocenters. The average molecular weight is 537 g/mol. The molecule has 3 aromatic heterocycles. The van der Waals surface area contributed by atoms with E-state index in [1.165, 1.54) is 0 Å². The molecule has 0 unspecified atom stereocenters. The number of rotatable bonds is 4. The second-order valence-electron chi connectivity index (χ2n) is 10.3. The van der Waals surface area contributed by atoms with Crippen LogP contribution in [0.25, 0.3) is 77.7 Å². The maximum Gasteiger partial charge on any atom is 0.160 e. The van der Waals surface area contributed by atoms with Crippen molar-refractivity contribution >= 4 is 32.7 Å². The number of benzene rings is 5.